The molecule has 1 amide bonds. The topological polar surface area (TPSA) is 20.3 Å². The first-order valence-electron chi connectivity index (χ1n) is 3.77. The van der Waals surface area contributed by atoms with E-state index in [0.29, 0.717) is 13.1 Å². The van der Waals surface area contributed by atoms with Gasteiger partial charge in [0.05, 0.1) is 0 Å². The standard InChI is InChI=1S/C9H8ClNO/c10-9-3-1-2-7-4-11(6-12)5-8(7)9/h1-3,6H,4-5H2. The van der Waals surface area contributed by atoms with Crippen LogP contribution >= 0.6 is 11.6 Å². The van der Waals surface area contributed by atoms with E-state index in [4.69, 9.17) is 11.6 Å². The van der Waals surface area contributed by atoms with Crippen molar-refractivity contribution < 1.29 is 4.79 Å². The third-order valence-electron chi connectivity index (χ3n) is 2.10. The van der Waals surface area contributed by atoms with Crippen molar-refractivity contribution in [1.29, 1.82) is 0 Å². The fraction of sp³-hybridized carbons (Fsp3) is 0.222. The number of nitrogens with zero attached hydrogens (tertiary/aromatic N) is 1. The first-order valence-corrected chi connectivity index (χ1v) is 4.14. The smallest absolute Gasteiger partial charge is 0.210 e. The minimum atomic E-state index is 0.651. The molecule has 12 heavy (non-hydrogen) atoms. The first-order chi connectivity index (χ1) is 5.81. The SMILES string of the molecule is O=CN1Cc2cccc(Cl)c2C1. The molecule has 0 aliphatic carbocycles. The van der Waals surface area contributed by atoms with E-state index < -0.39 is 0 Å². The normalized spacial score (nSPS) is 14.6. The number of amides is 1. The molecule has 0 bridgehead atoms. The second-order valence-corrected chi connectivity index (χ2v) is 3.30. The van der Waals surface area contributed by atoms with Crippen molar-refractivity contribution in [1.82, 2.24) is 4.90 Å². The van der Waals surface area contributed by atoms with Crippen molar-refractivity contribution in [3.63, 3.8) is 0 Å². The number of fused-ring (bicyclic) bond motifs is 1. The van der Waals surface area contributed by atoms with Crippen LogP contribution in [0, 0.1) is 0 Å². The summed E-state index contributed by atoms with van der Waals surface area (Å²) in [4.78, 5) is 12.2. The molecule has 2 rings (SSSR count). The zero-order chi connectivity index (χ0) is 8.55. The molecule has 0 saturated heterocycles. The summed E-state index contributed by atoms with van der Waals surface area (Å²) in [5.74, 6) is 0. The summed E-state index contributed by atoms with van der Waals surface area (Å²) in [7, 11) is 0. The molecule has 0 N–H and O–H groups in total. The third kappa shape index (κ3) is 1.08. The number of hydrogen-bond acceptors (Lipinski definition) is 1. The van der Waals surface area contributed by atoms with E-state index in [9.17, 15) is 4.79 Å². The van der Waals surface area contributed by atoms with Crippen molar-refractivity contribution in [2.24, 2.45) is 0 Å². The van der Waals surface area contributed by atoms with E-state index in [1.165, 1.54) is 0 Å². The lowest BCUT2D eigenvalue weighted by Gasteiger charge is -2.04. The van der Waals surface area contributed by atoms with Crippen molar-refractivity contribution >= 4 is 18.0 Å². The summed E-state index contributed by atoms with van der Waals surface area (Å²) in [5.41, 5.74) is 2.25. The molecule has 1 aromatic rings. The number of rotatable bonds is 1. The minimum absolute atomic E-state index is 0.651. The summed E-state index contributed by atoms with van der Waals surface area (Å²) in [6, 6.07) is 5.77. The summed E-state index contributed by atoms with van der Waals surface area (Å²) in [5, 5.41) is 0.761. The predicted molar refractivity (Wildman–Crippen MR) is 46.8 cm³/mol. The van der Waals surface area contributed by atoms with Crippen molar-refractivity contribution in [2.75, 3.05) is 0 Å². The maximum absolute atomic E-state index is 10.5. The van der Waals surface area contributed by atoms with Gasteiger partial charge in [-0.25, -0.2) is 0 Å². The monoisotopic (exact) mass is 181 g/mol. The fourth-order valence-electron chi connectivity index (χ4n) is 1.48. The van der Waals surface area contributed by atoms with Crippen molar-refractivity contribution in [3.05, 3.63) is 34.3 Å². The number of hydrogen-bond donors (Lipinski definition) is 0. The first kappa shape index (κ1) is 7.62. The lowest BCUT2D eigenvalue weighted by Crippen LogP contribution is -2.12. The molecule has 0 spiro atoms. The van der Waals surface area contributed by atoms with Gasteiger partial charge in [0.15, 0.2) is 0 Å². The van der Waals surface area contributed by atoms with Crippen LogP contribution < -0.4 is 0 Å². The van der Waals surface area contributed by atoms with Gasteiger partial charge in [0.2, 0.25) is 6.41 Å². The molecule has 1 aliphatic rings. The van der Waals surface area contributed by atoms with Gasteiger partial charge in [-0.3, -0.25) is 4.79 Å². The Morgan fingerprint density at radius 2 is 2.25 bits per heavy atom. The Hall–Kier alpha value is -1.02. The highest BCUT2D eigenvalue weighted by atomic mass is 35.5. The van der Waals surface area contributed by atoms with Crippen LogP contribution in [0.2, 0.25) is 5.02 Å². The highest BCUT2D eigenvalue weighted by Crippen LogP contribution is 2.27. The Balaban J connectivity index is 2.41. The average Bonchev–Trinajstić information content (AvgIpc) is 2.49. The van der Waals surface area contributed by atoms with Gasteiger partial charge in [-0.1, -0.05) is 23.7 Å². The van der Waals surface area contributed by atoms with Gasteiger partial charge >= 0.3 is 0 Å². The van der Waals surface area contributed by atoms with E-state index in [0.717, 1.165) is 22.6 Å². The minimum Gasteiger partial charge on any atom is -0.337 e. The lowest BCUT2D eigenvalue weighted by atomic mass is 10.1. The summed E-state index contributed by atoms with van der Waals surface area (Å²) in [6.45, 7) is 1.35. The molecule has 0 fully saturated rings. The zero-order valence-corrected chi connectivity index (χ0v) is 7.21. The van der Waals surface area contributed by atoms with Crippen LogP contribution in [-0.4, -0.2) is 11.3 Å². The van der Waals surface area contributed by atoms with Gasteiger partial charge in [-0.15, -0.1) is 0 Å². The average molecular weight is 182 g/mol. The van der Waals surface area contributed by atoms with Crippen LogP contribution in [0.4, 0.5) is 0 Å². The molecule has 0 saturated carbocycles. The Morgan fingerprint density at radius 1 is 1.42 bits per heavy atom. The molecular formula is C9H8ClNO. The number of carbonyl (C=O) groups is 1. The molecule has 0 unspecified atom stereocenters. The second-order valence-electron chi connectivity index (χ2n) is 2.89. The molecule has 3 heteroatoms. The van der Waals surface area contributed by atoms with Gasteiger partial charge in [0.1, 0.15) is 0 Å². The van der Waals surface area contributed by atoms with Crippen LogP contribution in [0.25, 0.3) is 0 Å². The quantitative estimate of drug-likeness (QED) is 0.606. The van der Waals surface area contributed by atoms with Gasteiger partial charge in [0.25, 0.3) is 0 Å². The van der Waals surface area contributed by atoms with E-state index >= 15 is 0 Å². The van der Waals surface area contributed by atoms with E-state index in [1.54, 1.807) is 4.90 Å². The molecule has 2 nitrogen and oxygen atoms in total. The molecule has 1 aliphatic heterocycles. The van der Waals surface area contributed by atoms with Gasteiger partial charge < -0.3 is 4.90 Å². The molecule has 62 valence electrons. The van der Waals surface area contributed by atoms with E-state index in [-0.39, 0.29) is 0 Å². The Kier molecular flexibility index (Phi) is 1.77. The molecule has 1 aromatic carbocycles. The van der Waals surface area contributed by atoms with E-state index in [2.05, 4.69) is 0 Å². The van der Waals surface area contributed by atoms with Gasteiger partial charge in [0, 0.05) is 18.1 Å². The number of halogens is 1. The number of benzene rings is 1. The van der Waals surface area contributed by atoms with Crippen LogP contribution in [0.5, 0.6) is 0 Å². The Morgan fingerprint density at radius 3 is 2.92 bits per heavy atom. The highest BCUT2D eigenvalue weighted by molar-refractivity contribution is 6.31. The number of carbonyl (C=O) groups excluding carboxylic acids is 1. The fourth-order valence-corrected chi connectivity index (χ4v) is 1.73. The molecule has 0 atom stereocenters. The largest absolute Gasteiger partial charge is 0.337 e. The zero-order valence-electron chi connectivity index (χ0n) is 6.46. The molecule has 1 heterocycles. The molecular weight excluding hydrogens is 174 g/mol. The highest BCUT2D eigenvalue weighted by Gasteiger charge is 2.18. The van der Waals surface area contributed by atoms with Gasteiger partial charge in [-0.05, 0) is 17.2 Å². The predicted octanol–water partition coefficient (Wildman–Crippen LogP) is 1.81. The van der Waals surface area contributed by atoms with Crippen molar-refractivity contribution in [3.8, 4) is 0 Å². The third-order valence-corrected chi connectivity index (χ3v) is 2.45. The van der Waals surface area contributed by atoms with Crippen LogP contribution in [0.1, 0.15) is 11.1 Å². The Labute approximate surface area is 75.7 Å². The van der Waals surface area contributed by atoms with Crippen LogP contribution in [-0.2, 0) is 17.9 Å². The van der Waals surface area contributed by atoms with E-state index in [1.807, 2.05) is 18.2 Å². The second kappa shape index (κ2) is 2.79. The van der Waals surface area contributed by atoms with Crippen LogP contribution in [0.3, 0.4) is 0 Å². The van der Waals surface area contributed by atoms with Crippen LogP contribution in [0.15, 0.2) is 18.2 Å². The molecule has 0 radical (unpaired) electrons. The lowest BCUT2D eigenvalue weighted by molar-refractivity contribution is -0.118. The maximum atomic E-state index is 10.5. The summed E-state index contributed by atoms with van der Waals surface area (Å²) >= 11 is 5.95. The van der Waals surface area contributed by atoms with Crippen molar-refractivity contribution in [2.45, 2.75) is 13.1 Å². The Bertz CT molecular complexity index is 324. The summed E-state index contributed by atoms with van der Waals surface area (Å²) < 4.78 is 0. The van der Waals surface area contributed by atoms with Gasteiger partial charge in [-0.2, -0.15) is 0 Å². The summed E-state index contributed by atoms with van der Waals surface area (Å²) in [6.07, 6.45) is 0.857. The maximum Gasteiger partial charge on any atom is 0.210 e. The molecule has 0 aromatic heterocycles.